The van der Waals surface area contributed by atoms with Crippen LogP contribution in [0.15, 0.2) is 12.3 Å². The van der Waals surface area contributed by atoms with Gasteiger partial charge in [0.1, 0.15) is 0 Å². The van der Waals surface area contributed by atoms with E-state index in [1.807, 2.05) is 17.9 Å². The number of hydrogen-bond acceptors (Lipinski definition) is 2. The van der Waals surface area contributed by atoms with E-state index < -0.39 is 0 Å². The van der Waals surface area contributed by atoms with Crippen LogP contribution < -0.4 is 5.32 Å². The molecule has 1 rings (SSSR count). The molecular weight excluding hydrogens is 198 g/mol. The number of hydrogen-bond donors (Lipinski definition) is 1. The minimum absolute atomic E-state index is 0.688. The van der Waals surface area contributed by atoms with Crippen molar-refractivity contribution in [2.75, 3.05) is 6.54 Å². The standard InChI is InChI=1S/C13H25N3/c1-4-6-7-12(5-2)14-10-8-13-9-11-15-16(13)3/h9,11-12,14H,4-8,10H2,1-3H3. The quantitative estimate of drug-likeness (QED) is 0.734. The Bertz CT molecular complexity index is 280. The van der Waals surface area contributed by atoms with Crippen LogP contribution in [0.25, 0.3) is 0 Å². The van der Waals surface area contributed by atoms with Gasteiger partial charge in [-0.25, -0.2) is 0 Å². The first-order valence-corrected chi connectivity index (χ1v) is 6.48. The smallest absolute Gasteiger partial charge is 0.0492 e. The Hall–Kier alpha value is -0.830. The molecule has 3 heteroatoms. The summed E-state index contributed by atoms with van der Waals surface area (Å²) in [6.07, 6.45) is 8.09. The van der Waals surface area contributed by atoms with Crippen LogP contribution in [0.3, 0.4) is 0 Å². The molecule has 0 fully saturated rings. The molecule has 1 aromatic heterocycles. The topological polar surface area (TPSA) is 29.9 Å². The number of unbranched alkanes of at least 4 members (excludes halogenated alkanes) is 1. The van der Waals surface area contributed by atoms with Gasteiger partial charge in [0.25, 0.3) is 0 Å². The number of aryl methyl sites for hydroxylation is 1. The van der Waals surface area contributed by atoms with Gasteiger partial charge in [0.15, 0.2) is 0 Å². The van der Waals surface area contributed by atoms with Gasteiger partial charge in [-0.1, -0.05) is 26.7 Å². The lowest BCUT2D eigenvalue weighted by atomic mass is 10.1. The summed E-state index contributed by atoms with van der Waals surface area (Å²) in [4.78, 5) is 0. The van der Waals surface area contributed by atoms with E-state index in [-0.39, 0.29) is 0 Å². The van der Waals surface area contributed by atoms with Crippen molar-refractivity contribution in [1.29, 1.82) is 0 Å². The van der Waals surface area contributed by atoms with E-state index in [4.69, 9.17) is 0 Å². The Morgan fingerprint density at radius 2 is 2.25 bits per heavy atom. The third kappa shape index (κ3) is 4.35. The van der Waals surface area contributed by atoms with Crippen molar-refractivity contribution >= 4 is 0 Å². The van der Waals surface area contributed by atoms with Crippen LogP contribution in [0.2, 0.25) is 0 Å². The summed E-state index contributed by atoms with van der Waals surface area (Å²) in [5.74, 6) is 0. The molecule has 0 saturated heterocycles. The van der Waals surface area contributed by atoms with Crippen LogP contribution in [-0.4, -0.2) is 22.4 Å². The second-order valence-electron chi connectivity index (χ2n) is 4.40. The summed E-state index contributed by atoms with van der Waals surface area (Å²) < 4.78 is 1.95. The van der Waals surface area contributed by atoms with E-state index in [1.54, 1.807) is 0 Å². The molecule has 16 heavy (non-hydrogen) atoms. The minimum atomic E-state index is 0.688. The molecule has 0 spiro atoms. The molecule has 0 saturated carbocycles. The highest BCUT2D eigenvalue weighted by molar-refractivity contribution is 5.00. The van der Waals surface area contributed by atoms with Gasteiger partial charge < -0.3 is 5.32 Å². The summed E-state index contributed by atoms with van der Waals surface area (Å²) in [6.45, 7) is 5.57. The molecule has 1 unspecified atom stereocenters. The zero-order valence-electron chi connectivity index (χ0n) is 10.9. The predicted octanol–water partition coefficient (Wildman–Crippen LogP) is 2.52. The first-order valence-electron chi connectivity index (χ1n) is 6.48. The molecule has 1 aromatic rings. The summed E-state index contributed by atoms with van der Waals surface area (Å²) >= 11 is 0. The molecule has 0 radical (unpaired) electrons. The number of aromatic nitrogens is 2. The van der Waals surface area contributed by atoms with E-state index in [9.17, 15) is 0 Å². The Labute approximate surface area is 99.2 Å². The van der Waals surface area contributed by atoms with Gasteiger partial charge in [0.05, 0.1) is 0 Å². The van der Waals surface area contributed by atoms with Crippen molar-refractivity contribution in [2.24, 2.45) is 7.05 Å². The van der Waals surface area contributed by atoms with Gasteiger partial charge in [-0.05, 0) is 18.9 Å². The third-order valence-electron chi connectivity index (χ3n) is 3.14. The summed E-state index contributed by atoms with van der Waals surface area (Å²) in [5.41, 5.74) is 1.30. The SMILES string of the molecule is CCCCC(CC)NCCc1ccnn1C. The number of nitrogens with one attached hydrogen (secondary N) is 1. The molecule has 0 aliphatic carbocycles. The molecule has 92 valence electrons. The van der Waals surface area contributed by atoms with Crippen LogP contribution in [0.1, 0.15) is 45.2 Å². The largest absolute Gasteiger partial charge is 0.314 e. The zero-order valence-corrected chi connectivity index (χ0v) is 10.9. The van der Waals surface area contributed by atoms with Crippen LogP contribution in [0.4, 0.5) is 0 Å². The second-order valence-corrected chi connectivity index (χ2v) is 4.40. The molecule has 3 nitrogen and oxygen atoms in total. The maximum atomic E-state index is 4.17. The summed E-state index contributed by atoms with van der Waals surface area (Å²) in [6, 6.07) is 2.78. The highest BCUT2D eigenvalue weighted by Gasteiger charge is 2.05. The molecule has 1 atom stereocenters. The zero-order chi connectivity index (χ0) is 11.8. The lowest BCUT2D eigenvalue weighted by molar-refractivity contribution is 0.453. The van der Waals surface area contributed by atoms with Crippen LogP contribution in [-0.2, 0) is 13.5 Å². The Kier molecular flexibility index (Phi) is 6.16. The fraction of sp³-hybridized carbons (Fsp3) is 0.769. The lowest BCUT2D eigenvalue weighted by Gasteiger charge is -2.16. The van der Waals surface area contributed by atoms with E-state index >= 15 is 0 Å². The van der Waals surface area contributed by atoms with Crippen LogP contribution in [0.5, 0.6) is 0 Å². The van der Waals surface area contributed by atoms with Gasteiger partial charge in [-0.2, -0.15) is 5.10 Å². The molecule has 0 aliphatic rings. The first-order chi connectivity index (χ1) is 7.77. The van der Waals surface area contributed by atoms with Crippen molar-refractivity contribution in [3.05, 3.63) is 18.0 Å². The molecule has 1 heterocycles. The van der Waals surface area contributed by atoms with Crippen molar-refractivity contribution in [1.82, 2.24) is 15.1 Å². The van der Waals surface area contributed by atoms with Crippen molar-refractivity contribution in [3.63, 3.8) is 0 Å². The Balaban J connectivity index is 2.20. The molecule has 0 amide bonds. The first kappa shape index (κ1) is 13.2. The maximum Gasteiger partial charge on any atom is 0.0492 e. The average molecular weight is 223 g/mol. The monoisotopic (exact) mass is 223 g/mol. The van der Waals surface area contributed by atoms with E-state index in [0.29, 0.717) is 6.04 Å². The van der Waals surface area contributed by atoms with Gasteiger partial charge >= 0.3 is 0 Å². The van der Waals surface area contributed by atoms with E-state index in [1.165, 1.54) is 31.4 Å². The Morgan fingerprint density at radius 3 is 2.81 bits per heavy atom. The van der Waals surface area contributed by atoms with Crippen LogP contribution >= 0.6 is 0 Å². The highest BCUT2D eigenvalue weighted by atomic mass is 15.3. The Morgan fingerprint density at radius 1 is 1.44 bits per heavy atom. The van der Waals surface area contributed by atoms with Gasteiger partial charge in [0, 0.05) is 37.9 Å². The van der Waals surface area contributed by atoms with E-state index in [0.717, 1.165) is 13.0 Å². The fourth-order valence-corrected chi connectivity index (χ4v) is 1.95. The van der Waals surface area contributed by atoms with Gasteiger partial charge in [0.2, 0.25) is 0 Å². The second kappa shape index (κ2) is 7.44. The predicted molar refractivity (Wildman–Crippen MR) is 68.5 cm³/mol. The average Bonchev–Trinajstić information content (AvgIpc) is 2.69. The van der Waals surface area contributed by atoms with Crippen molar-refractivity contribution in [2.45, 2.75) is 52.0 Å². The normalized spacial score (nSPS) is 12.9. The van der Waals surface area contributed by atoms with E-state index in [2.05, 4.69) is 30.3 Å². The molecule has 0 aliphatic heterocycles. The molecule has 0 aromatic carbocycles. The number of rotatable bonds is 8. The third-order valence-corrected chi connectivity index (χ3v) is 3.14. The lowest BCUT2D eigenvalue weighted by Crippen LogP contribution is -2.30. The molecule has 1 N–H and O–H groups in total. The maximum absolute atomic E-state index is 4.17. The fourth-order valence-electron chi connectivity index (χ4n) is 1.95. The van der Waals surface area contributed by atoms with Crippen molar-refractivity contribution < 1.29 is 0 Å². The van der Waals surface area contributed by atoms with Crippen LogP contribution in [0, 0.1) is 0 Å². The number of nitrogens with zero attached hydrogens (tertiary/aromatic N) is 2. The van der Waals surface area contributed by atoms with Gasteiger partial charge in [-0.3, -0.25) is 4.68 Å². The summed E-state index contributed by atoms with van der Waals surface area (Å²) in [7, 11) is 2.00. The van der Waals surface area contributed by atoms with Gasteiger partial charge in [-0.15, -0.1) is 0 Å². The van der Waals surface area contributed by atoms with Crippen molar-refractivity contribution in [3.8, 4) is 0 Å². The molecular formula is C13H25N3. The summed E-state index contributed by atoms with van der Waals surface area (Å²) in [5, 5.41) is 7.80. The molecule has 0 bridgehead atoms. The highest BCUT2D eigenvalue weighted by Crippen LogP contribution is 2.04. The minimum Gasteiger partial charge on any atom is -0.314 e.